The summed E-state index contributed by atoms with van der Waals surface area (Å²) in [6.07, 6.45) is 5.47. The van der Waals surface area contributed by atoms with Crippen LogP contribution in [0, 0.1) is 5.92 Å². The summed E-state index contributed by atoms with van der Waals surface area (Å²) < 4.78 is 6.15. The molecule has 0 bridgehead atoms. The molecule has 1 amide bonds. The summed E-state index contributed by atoms with van der Waals surface area (Å²) in [5, 5.41) is 11.3. The zero-order valence-electron chi connectivity index (χ0n) is 16.7. The molecule has 2 heterocycles. The molecule has 1 spiro atoms. The van der Waals surface area contributed by atoms with E-state index in [4.69, 9.17) is 16.0 Å². The summed E-state index contributed by atoms with van der Waals surface area (Å²) >= 11 is 6.63. The van der Waals surface area contributed by atoms with Gasteiger partial charge in [0.25, 0.3) is 5.91 Å². The van der Waals surface area contributed by atoms with E-state index < -0.39 is 0 Å². The van der Waals surface area contributed by atoms with Gasteiger partial charge in [0.2, 0.25) is 0 Å². The topological polar surface area (TPSA) is 66.3 Å². The van der Waals surface area contributed by atoms with E-state index in [0.29, 0.717) is 16.7 Å². The van der Waals surface area contributed by atoms with Gasteiger partial charge in [0.1, 0.15) is 5.58 Å². The molecule has 2 aliphatic rings. The van der Waals surface area contributed by atoms with Gasteiger partial charge in [-0.1, -0.05) is 51.3 Å². The maximum Gasteiger partial charge on any atom is 0.287 e. The Morgan fingerprint density at radius 2 is 1.96 bits per heavy atom. The minimum Gasteiger partial charge on any atom is -0.450 e. The Morgan fingerprint density at radius 3 is 2.64 bits per heavy atom. The van der Waals surface area contributed by atoms with E-state index in [1.807, 2.05) is 13.0 Å². The molecule has 1 unspecified atom stereocenters. The monoisotopic (exact) mass is 401 g/mol. The second-order valence-corrected chi connectivity index (χ2v) is 8.92. The maximum absolute atomic E-state index is 12.7. The Labute approximate surface area is 170 Å². The van der Waals surface area contributed by atoms with Crippen molar-refractivity contribution in [3.05, 3.63) is 40.9 Å². The fourth-order valence-electron chi connectivity index (χ4n) is 4.35. The zero-order chi connectivity index (χ0) is 20.1. The third-order valence-electron chi connectivity index (χ3n) is 6.19. The molecule has 0 saturated heterocycles. The number of amides is 1. The third kappa shape index (κ3) is 3.16. The van der Waals surface area contributed by atoms with Crippen LogP contribution in [0.4, 0.5) is 5.69 Å². The van der Waals surface area contributed by atoms with Crippen LogP contribution in [0.25, 0.3) is 11.0 Å². The molecule has 0 radical (unpaired) electrons. The Kier molecular flexibility index (Phi) is 4.82. The Morgan fingerprint density at radius 1 is 1.25 bits per heavy atom. The quantitative estimate of drug-likeness (QED) is 0.634. The van der Waals surface area contributed by atoms with Gasteiger partial charge in [-0.2, -0.15) is 0 Å². The van der Waals surface area contributed by atoms with Gasteiger partial charge in [0.05, 0.1) is 22.1 Å². The molecule has 1 fully saturated rings. The van der Waals surface area contributed by atoms with Crippen LogP contribution < -0.4 is 16.0 Å². The number of anilines is 1. The minimum atomic E-state index is -0.254. The average molecular weight is 402 g/mol. The number of benzene rings is 1. The molecule has 5 nitrogen and oxygen atoms in total. The lowest BCUT2D eigenvalue weighted by molar-refractivity contribution is 0.0904. The van der Waals surface area contributed by atoms with Crippen molar-refractivity contribution < 1.29 is 9.21 Å². The predicted octanol–water partition coefficient (Wildman–Crippen LogP) is 5.51. The molecule has 1 saturated carbocycles. The highest BCUT2D eigenvalue weighted by molar-refractivity contribution is 6.34. The van der Waals surface area contributed by atoms with E-state index in [9.17, 15) is 4.79 Å². The predicted molar refractivity (Wildman–Crippen MR) is 114 cm³/mol. The van der Waals surface area contributed by atoms with Crippen LogP contribution in [0.15, 0.2) is 28.9 Å². The number of halogens is 1. The lowest BCUT2D eigenvalue weighted by Crippen LogP contribution is -2.48. The molecule has 1 aromatic carbocycles. The first-order valence-electron chi connectivity index (χ1n) is 10.1. The number of hydrogen-bond donors (Lipinski definition) is 3. The smallest absolute Gasteiger partial charge is 0.287 e. The molecule has 1 aromatic heterocycles. The molecule has 6 heteroatoms. The molecule has 28 heavy (non-hydrogen) atoms. The van der Waals surface area contributed by atoms with E-state index in [1.54, 1.807) is 6.07 Å². The zero-order valence-corrected chi connectivity index (χ0v) is 17.5. The first-order chi connectivity index (χ1) is 13.3. The van der Waals surface area contributed by atoms with Crippen LogP contribution in [-0.4, -0.2) is 11.9 Å². The Bertz CT molecular complexity index is 941. The van der Waals surface area contributed by atoms with E-state index >= 15 is 0 Å². The third-order valence-corrected chi connectivity index (χ3v) is 6.49. The molecule has 1 aliphatic heterocycles. The van der Waals surface area contributed by atoms with Gasteiger partial charge in [0.15, 0.2) is 5.76 Å². The highest BCUT2D eigenvalue weighted by atomic mass is 35.5. The summed E-state index contributed by atoms with van der Waals surface area (Å²) in [5.74, 6) is 1.23. The van der Waals surface area contributed by atoms with Gasteiger partial charge in [-0.15, -0.1) is 0 Å². The van der Waals surface area contributed by atoms with Crippen molar-refractivity contribution >= 4 is 34.2 Å². The number of furan rings is 1. The molecule has 1 aliphatic carbocycles. The number of nitrogens with one attached hydrogen (secondary N) is 3. The molecular weight excluding hydrogens is 374 g/mol. The largest absolute Gasteiger partial charge is 0.450 e. The van der Waals surface area contributed by atoms with E-state index in [2.05, 4.69) is 36.4 Å². The fraction of sp³-hybridized carbons (Fsp3) is 0.500. The highest BCUT2D eigenvalue weighted by Gasteiger charge is 2.42. The molecular formula is C22H28ClN3O2. The lowest BCUT2D eigenvalue weighted by atomic mass is 9.74. The van der Waals surface area contributed by atoms with Gasteiger partial charge >= 0.3 is 0 Å². The maximum atomic E-state index is 12.7. The second-order valence-electron chi connectivity index (χ2n) is 8.51. The van der Waals surface area contributed by atoms with Crippen molar-refractivity contribution in [2.24, 2.45) is 5.92 Å². The van der Waals surface area contributed by atoms with Gasteiger partial charge in [-0.3, -0.25) is 4.79 Å². The van der Waals surface area contributed by atoms with Crippen molar-refractivity contribution in [2.45, 2.75) is 64.5 Å². The van der Waals surface area contributed by atoms with E-state index in [0.717, 1.165) is 53.7 Å². The van der Waals surface area contributed by atoms with Crippen LogP contribution in [0.1, 0.15) is 69.0 Å². The van der Waals surface area contributed by atoms with Gasteiger partial charge in [-0.05, 0) is 37.8 Å². The number of rotatable bonds is 3. The number of carbonyl (C=O) groups is 1. The number of fused-ring (bicyclic) bond motifs is 4. The van der Waals surface area contributed by atoms with E-state index in [1.165, 1.54) is 6.42 Å². The van der Waals surface area contributed by atoms with Crippen LogP contribution >= 0.6 is 11.6 Å². The van der Waals surface area contributed by atoms with Crippen LogP contribution in [0.2, 0.25) is 5.02 Å². The Hall–Kier alpha value is -2.14. The first-order valence-corrected chi connectivity index (χ1v) is 10.5. The fourth-order valence-corrected chi connectivity index (χ4v) is 4.61. The summed E-state index contributed by atoms with van der Waals surface area (Å²) in [6, 6.07) is 3.72. The van der Waals surface area contributed by atoms with Crippen LogP contribution in [-0.2, 0) is 5.54 Å². The Balaban J connectivity index is 1.83. The summed E-state index contributed by atoms with van der Waals surface area (Å²) in [4.78, 5) is 12.7. The minimum absolute atomic E-state index is 0.0644. The standard InChI is InChI=1S/C22H28ClN3O2/c1-12(2)13(3)24-21(27)17-11-15-10-16(23)19-18(20(15)28-17)22(26-14(4)25-19)8-6-5-7-9-22/h10-13,25-26H,4-9H2,1-3H3,(H,24,27). The SMILES string of the molecule is C=C1Nc2c(Cl)cc3cc(C(=O)NC(C)C(C)C)oc3c2C2(CCCCC2)N1. The summed E-state index contributed by atoms with van der Waals surface area (Å²) in [5.41, 5.74) is 2.35. The van der Waals surface area contributed by atoms with Crippen molar-refractivity contribution in [1.29, 1.82) is 0 Å². The second kappa shape index (κ2) is 7.03. The highest BCUT2D eigenvalue weighted by Crippen LogP contribution is 2.49. The average Bonchev–Trinajstić information content (AvgIpc) is 3.05. The van der Waals surface area contributed by atoms with Gasteiger partial charge < -0.3 is 20.4 Å². The van der Waals surface area contributed by atoms with Gasteiger partial charge in [-0.25, -0.2) is 0 Å². The summed E-state index contributed by atoms with van der Waals surface area (Å²) in [6.45, 7) is 10.3. The number of carbonyl (C=O) groups excluding carboxylic acids is 1. The molecule has 2 aromatic rings. The van der Waals surface area contributed by atoms with Crippen molar-refractivity contribution in [3.63, 3.8) is 0 Å². The molecule has 4 rings (SSSR count). The van der Waals surface area contributed by atoms with Crippen molar-refractivity contribution in [1.82, 2.24) is 10.6 Å². The van der Waals surface area contributed by atoms with Gasteiger partial charge in [0, 0.05) is 17.0 Å². The van der Waals surface area contributed by atoms with Crippen molar-refractivity contribution in [2.75, 3.05) is 5.32 Å². The number of hydrogen-bond acceptors (Lipinski definition) is 4. The molecule has 3 N–H and O–H groups in total. The molecule has 150 valence electrons. The normalized spacial score (nSPS) is 19.2. The van der Waals surface area contributed by atoms with Crippen LogP contribution in [0.3, 0.4) is 0 Å². The van der Waals surface area contributed by atoms with E-state index in [-0.39, 0.29) is 17.5 Å². The lowest BCUT2D eigenvalue weighted by Gasteiger charge is -2.44. The summed E-state index contributed by atoms with van der Waals surface area (Å²) in [7, 11) is 0. The van der Waals surface area contributed by atoms with Crippen LogP contribution in [0.5, 0.6) is 0 Å². The molecule has 1 atom stereocenters. The first kappa shape index (κ1) is 19.2. The van der Waals surface area contributed by atoms with Crippen molar-refractivity contribution in [3.8, 4) is 0 Å².